The normalized spacial score (nSPS) is 11.9. The highest BCUT2D eigenvalue weighted by atomic mass is 32.1. The molecule has 0 spiro atoms. The van der Waals surface area contributed by atoms with Gasteiger partial charge in [0.25, 0.3) is 0 Å². The van der Waals surface area contributed by atoms with Crippen LogP contribution in [0.15, 0.2) is 182 Å². The van der Waals surface area contributed by atoms with Crippen molar-refractivity contribution in [2.24, 2.45) is 0 Å². The smallest absolute Gasteiger partial charge is 0.0555 e. The Bertz CT molecular complexity index is 3120. The number of para-hydroxylation sites is 3. The van der Waals surface area contributed by atoms with Crippen molar-refractivity contribution in [2.75, 3.05) is 0 Å². The third kappa shape index (κ3) is 4.29. The van der Waals surface area contributed by atoms with Crippen LogP contribution in [-0.2, 0) is 0 Å². The molecule has 0 amide bonds. The van der Waals surface area contributed by atoms with E-state index in [-0.39, 0.29) is 0 Å². The van der Waals surface area contributed by atoms with Crippen LogP contribution in [0.25, 0.3) is 97.4 Å². The second kappa shape index (κ2) is 11.0. The maximum Gasteiger partial charge on any atom is 0.0555 e. The summed E-state index contributed by atoms with van der Waals surface area (Å²) >= 11 is 1.87. The van der Waals surface area contributed by atoms with Crippen LogP contribution >= 0.6 is 11.3 Å². The Morgan fingerprint density at radius 1 is 0.314 bits per heavy atom. The van der Waals surface area contributed by atoms with Gasteiger partial charge in [-0.3, -0.25) is 0 Å². The molecule has 0 aliphatic heterocycles. The van der Waals surface area contributed by atoms with Crippen molar-refractivity contribution in [1.82, 2.24) is 9.13 Å². The lowest BCUT2D eigenvalue weighted by Gasteiger charge is -2.11. The minimum Gasteiger partial charge on any atom is -0.309 e. The standard InChI is InChI=1S/C48H30N2S/c1-2-11-35(12-3-1)49-41-16-7-4-13-36(41)39-29-33(25-27-43(39)49)31-21-23-32(24-22-31)34-26-28-44-40(30-34)37-14-5-8-17-42(37)50(44)45-18-10-20-47-48(45)38-15-6-9-19-46(38)51-47/h1-30H. The number of hydrogen-bond acceptors (Lipinski definition) is 1. The van der Waals surface area contributed by atoms with Crippen molar-refractivity contribution in [3.05, 3.63) is 182 Å². The Morgan fingerprint density at radius 3 is 1.47 bits per heavy atom. The van der Waals surface area contributed by atoms with Crippen LogP contribution in [0, 0.1) is 0 Å². The molecular formula is C48H30N2S. The summed E-state index contributed by atoms with van der Waals surface area (Å²) in [5, 5.41) is 7.71. The van der Waals surface area contributed by atoms with E-state index in [1.54, 1.807) is 0 Å². The molecule has 2 nitrogen and oxygen atoms in total. The van der Waals surface area contributed by atoms with Gasteiger partial charge in [-0.05, 0) is 89.0 Å². The molecule has 0 radical (unpaired) electrons. The number of thiophene rings is 1. The van der Waals surface area contributed by atoms with Crippen LogP contribution in [-0.4, -0.2) is 9.13 Å². The Morgan fingerprint density at radius 2 is 0.804 bits per heavy atom. The van der Waals surface area contributed by atoms with E-state index in [0.717, 1.165) is 0 Å². The van der Waals surface area contributed by atoms with E-state index in [4.69, 9.17) is 0 Å². The lowest BCUT2D eigenvalue weighted by molar-refractivity contribution is 1.18. The summed E-state index contributed by atoms with van der Waals surface area (Å²) in [5.41, 5.74) is 12.2. The predicted molar refractivity (Wildman–Crippen MR) is 219 cm³/mol. The van der Waals surface area contributed by atoms with Gasteiger partial charge in [0.1, 0.15) is 0 Å². The fourth-order valence-electron chi connectivity index (χ4n) is 8.22. The van der Waals surface area contributed by atoms with Crippen molar-refractivity contribution in [2.45, 2.75) is 0 Å². The van der Waals surface area contributed by atoms with Gasteiger partial charge in [-0.25, -0.2) is 0 Å². The quantitative estimate of drug-likeness (QED) is 0.177. The summed E-state index contributed by atoms with van der Waals surface area (Å²) in [4.78, 5) is 0. The molecule has 0 fully saturated rings. The molecule has 3 heterocycles. The molecule has 51 heavy (non-hydrogen) atoms. The minimum absolute atomic E-state index is 1.18. The highest BCUT2D eigenvalue weighted by Crippen LogP contribution is 2.42. The van der Waals surface area contributed by atoms with Crippen LogP contribution in [0.4, 0.5) is 0 Å². The third-order valence-electron chi connectivity index (χ3n) is 10.5. The van der Waals surface area contributed by atoms with Crippen molar-refractivity contribution in [3.63, 3.8) is 0 Å². The van der Waals surface area contributed by atoms with Crippen molar-refractivity contribution >= 4 is 75.1 Å². The van der Waals surface area contributed by atoms with E-state index in [0.29, 0.717) is 0 Å². The van der Waals surface area contributed by atoms with Gasteiger partial charge in [0.05, 0.1) is 27.8 Å². The molecule has 0 bridgehead atoms. The van der Waals surface area contributed by atoms with E-state index in [1.165, 1.54) is 97.4 Å². The van der Waals surface area contributed by atoms with Gasteiger partial charge in [0, 0.05) is 47.4 Å². The van der Waals surface area contributed by atoms with Gasteiger partial charge in [0.2, 0.25) is 0 Å². The number of rotatable bonds is 4. The lowest BCUT2D eigenvalue weighted by Crippen LogP contribution is -1.94. The number of hydrogen-bond donors (Lipinski definition) is 0. The minimum atomic E-state index is 1.18. The van der Waals surface area contributed by atoms with Crippen molar-refractivity contribution in [1.29, 1.82) is 0 Å². The molecule has 0 atom stereocenters. The molecule has 11 rings (SSSR count). The average molecular weight is 667 g/mol. The summed E-state index contributed by atoms with van der Waals surface area (Å²) < 4.78 is 7.47. The first-order valence-electron chi connectivity index (χ1n) is 17.4. The van der Waals surface area contributed by atoms with E-state index in [9.17, 15) is 0 Å². The molecule has 0 unspecified atom stereocenters. The second-order valence-electron chi connectivity index (χ2n) is 13.3. The zero-order valence-corrected chi connectivity index (χ0v) is 28.4. The number of aromatic nitrogens is 2. The molecule has 0 saturated carbocycles. The molecule has 3 aromatic heterocycles. The molecule has 0 N–H and O–H groups in total. The second-order valence-corrected chi connectivity index (χ2v) is 14.4. The van der Waals surface area contributed by atoms with Gasteiger partial charge >= 0.3 is 0 Å². The molecule has 8 aromatic carbocycles. The summed E-state index contributed by atoms with van der Waals surface area (Å²) in [7, 11) is 0. The average Bonchev–Trinajstić information content (AvgIpc) is 3.86. The zero-order valence-electron chi connectivity index (χ0n) is 27.6. The first-order chi connectivity index (χ1) is 25.3. The van der Waals surface area contributed by atoms with E-state index < -0.39 is 0 Å². The zero-order chi connectivity index (χ0) is 33.5. The first-order valence-corrected chi connectivity index (χ1v) is 18.3. The van der Waals surface area contributed by atoms with Gasteiger partial charge in [-0.15, -0.1) is 11.3 Å². The number of fused-ring (bicyclic) bond motifs is 9. The van der Waals surface area contributed by atoms with Crippen LogP contribution in [0.2, 0.25) is 0 Å². The molecule has 0 aliphatic rings. The Balaban J connectivity index is 1.02. The largest absolute Gasteiger partial charge is 0.309 e. The van der Waals surface area contributed by atoms with E-state index in [2.05, 4.69) is 191 Å². The van der Waals surface area contributed by atoms with E-state index >= 15 is 0 Å². The fourth-order valence-corrected chi connectivity index (χ4v) is 9.34. The summed E-state index contributed by atoms with van der Waals surface area (Å²) in [6.07, 6.45) is 0. The van der Waals surface area contributed by atoms with Crippen LogP contribution in [0.5, 0.6) is 0 Å². The summed E-state index contributed by atoms with van der Waals surface area (Å²) in [6, 6.07) is 66.6. The predicted octanol–water partition coefficient (Wildman–Crippen LogP) is 13.6. The Labute approximate surface area is 298 Å². The maximum absolute atomic E-state index is 2.46. The van der Waals surface area contributed by atoms with Gasteiger partial charge in [-0.2, -0.15) is 0 Å². The number of nitrogens with zero attached hydrogens (tertiary/aromatic N) is 2. The van der Waals surface area contributed by atoms with Crippen molar-refractivity contribution in [3.8, 4) is 33.6 Å². The Kier molecular flexibility index (Phi) is 6.16. The Hall–Kier alpha value is -6.42. The fraction of sp³-hybridized carbons (Fsp3) is 0. The lowest BCUT2D eigenvalue weighted by atomic mass is 9.98. The van der Waals surface area contributed by atoms with Crippen LogP contribution in [0.1, 0.15) is 0 Å². The highest BCUT2D eigenvalue weighted by Gasteiger charge is 2.18. The van der Waals surface area contributed by atoms with Crippen molar-refractivity contribution < 1.29 is 0 Å². The summed E-state index contributed by atoms with van der Waals surface area (Å²) in [5.74, 6) is 0. The SMILES string of the molecule is c1ccc(-n2c3ccccc3c3cc(-c4ccc(-c5ccc6c(c5)c5ccccc5n6-c5cccc6sc7ccccc7c56)cc4)ccc32)cc1. The molecule has 238 valence electrons. The van der Waals surface area contributed by atoms with Gasteiger partial charge < -0.3 is 9.13 Å². The van der Waals surface area contributed by atoms with E-state index in [1.807, 2.05) is 11.3 Å². The molecule has 3 heteroatoms. The van der Waals surface area contributed by atoms with Gasteiger partial charge in [-0.1, -0.05) is 115 Å². The highest BCUT2D eigenvalue weighted by molar-refractivity contribution is 7.25. The molecule has 0 saturated heterocycles. The monoisotopic (exact) mass is 666 g/mol. The topological polar surface area (TPSA) is 9.86 Å². The summed E-state index contributed by atoms with van der Waals surface area (Å²) in [6.45, 7) is 0. The molecule has 0 aliphatic carbocycles. The van der Waals surface area contributed by atoms with Crippen LogP contribution < -0.4 is 0 Å². The number of benzene rings is 8. The van der Waals surface area contributed by atoms with Crippen LogP contribution in [0.3, 0.4) is 0 Å². The first kappa shape index (κ1) is 28.4. The van der Waals surface area contributed by atoms with Gasteiger partial charge in [0.15, 0.2) is 0 Å². The molecule has 11 aromatic rings. The third-order valence-corrected chi connectivity index (χ3v) is 11.7. The molecular weight excluding hydrogens is 637 g/mol. The maximum atomic E-state index is 2.46.